The number of anilines is 3. The molecule has 1 atom stereocenters. The van der Waals surface area contributed by atoms with Gasteiger partial charge in [-0.25, -0.2) is 9.97 Å². The van der Waals surface area contributed by atoms with Gasteiger partial charge in [0.1, 0.15) is 11.3 Å². The molecule has 1 unspecified atom stereocenters. The third-order valence-electron chi connectivity index (χ3n) is 11.4. The molecule has 2 aromatic heterocycles. The van der Waals surface area contributed by atoms with Crippen LogP contribution in [-0.4, -0.2) is 9.97 Å². The van der Waals surface area contributed by atoms with Crippen LogP contribution < -0.4 is 4.90 Å². The Bertz CT molecular complexity index is 3010. The zero-order chi connectivity index (χ0) is 38.4. The third-order valence-corrected chi connectivity index (χ3v) is 11.4. The molecule has 0 aliphatic heterocycles. The first kappa shape index (κ1) is 33.8. The molecule has 0 saturated heterocycles. The highest BCUT2D eigenvalue weighted by atomic mass is 16.3. The van der Waals surface area contributed by atoms with Crippen molar-refractivity contribution in [1.29, 1.82) is 0 Å². The van der Waals surface area contributed by atoms with E-state index in [4.69, 9.17) is 14.4 Å². The maximum absolute atomic E-state index is 7.10. The topological polar surface area (TPSA) is 42.2 Å². The van der Waals surface area contributed by atoms with Crippen LogP contribution in [0.15, 0.2) is 210 Å². The van der Waals surface area contributed by atoms with E-state index in [9.17, 15) is 0 Å². The van der Waals surface area contributed by atoms with Crippen molar-refractivity contribution >= 4 is 44.9 Å². The summed E-state index contributed by atoms with van der Waals surface area (Å²) in [5.41, 5.74) is 13.3. The molecular weight excluding hydrogens is 707 g/mol. The van der Waals surface area contributed by atoms with E-state index >= 15 is 0 Å². The Kier molecular flexibility index (Phi) is 8.25. The number of para-hydroxylation sites is 1. The Morgan fingerprint density at radius 3 is 2.00 bits per heavy atom. The molecule has 0 fully saturated rings. The second kappa shape index (κ2) is 14.2. The van der Waals surface area contributed by atoms with Gasteiger partial charge in [-0.15, -0.1) is 0 Å². The molecule has 0 radical (unpaired) electrons. The van der Waals surface area contributed by atoms with Gasteiger partial charge in [0.05, 0.1) is 22.5 Å². The van der Waals surface area contributed by atoms with Crippen LogP contribution in [0.3, 0.4) is 0 Å². The summed E-state index contributed by atoms with van der Waals surface area (Å²) in [6.07, 6.45) is 11.9. The van der Waals surface area contributed by atoms with E-state index < -0.39 is 0 Å². The van der Waals surface area contributed by atoms with Crippen molar-refractivity contribution in [2.45, 2.75) is 6.42 Å². The molecule has 4 heteroatoms. The van der Waals surface area contributed by atoms with Gasteiger partial charge in [0.25, 0.3) is 0 Å². The predicted octanol–water partition coefficient (Wildman–Crippen LogP) is 14.2. The van der Waals surface area contributed by atoms with E-state index in [-0.39, 0.29) is 5.92 Å². The lowest BCUT2D eigenvalue weighted by Gasteiger charge is -2.27. The van der Waals surface area contributed by atoms with Crippen LogP contribution in [-0.2, 0) is 6.42 Å². The molecule has 2 heterocycles. The lowest BCUT2D eigenvalue weighted by Crippen LogP contribution is -2.12. The number of fused-ring (bicyclic) bond motifs is 5. The number of hydrogen-bond acceptors (Lipinski definition) is 4. The summed E-state index contributed by atoms with van der Waals surface area (Å²) in [5.74, 6) is 1.93. The summed E-state index contributed by atoms with van der Waals surface area (Å²) in [7, 11) is 0. The summed E-state index contributed by atoms with van der Waals surface area (Å²) in [6.45, 7) is 0. The quantitative estimate of drug-likeness (QED) is 0.163. The molecule has 0 bridgehead atoms. The van der Waals surface area contributed by atoms with Crippen LogP contribution in [0, 0.1) is 5.92 Å². The number of hydrogen-bond donors (Lipinski definition) is 0. The largest absolute Gasteiger partial charge is 0.460 e. The van der Waals surface area contributed by atoms with Crippen molar-refractivity contribution < 1.29 is 4.42 Å². The summed E-state index contributed by atoms with van der Waals surface area (Å²) >= 11 is 0. The minimum Gasteiger partial charge on any atom is -0.460 e. The molecule has 0 spiro atoms. The summed E-state index contributed by atoms with van der Waals surface area (Å²) in [4.78, 5) is 12.7. The lowest BCUT2D eigenvalue weighted by molar-refractivity contribution is 0.522. The van der Waals surface area contributed by atoms with E-state index in [1.807, 2.05) is 24.3 Å². The molecule has 0 saturated carbocycles. The fourth-order valence-corrected chi connectivity index (χ4v) is 8.49. The van der Waals surface area contributed by atoms with E-state index in [1.54, 1.807) is 0 Å². The minimum absolute atomic E-state index is 0.270. The predicted molar refractivity (Wildman–Crippen MR) is 239 cm³/mol. The first-order chi connectivity index (χ1) is 28.7. The number of aromatic nitrogens is 2. The first-order valence-electron chi connectivity index (χ1n) is 19.8. The number of benzene rings is 7. The van der Waals surface area contributed by atoms with E-state index in [0.29, 0.717) is 5.82 Å². The molecule has 4 nitrogen and oxygen atoms in total. The highest BCUT2D eigenvalue weighted by Gasteiger charge is 2.30. The van der Waals surface area contributed by atoms with E-state index in [1.165, 1.54) is 27.5 Å². The zero-order valence-electron chi connectivity index (χ0n) is 31.7. The fourth-order valence-electron chi connectivity index (χ4n) is 8.49. The summed E-state index contributed by atoms with van der Waals surface area (Å²) < 4.78 is 7.10. The molecule has 274 valence electrons. The minimum atomic E-state index is 0.270. The van der Waals surface area contributed by atoms with Crippen LogP contribution in [0.5, 0.6) is 0 Å². The molecule has 7 aromatic carbocycles. The number of nitrogens with zero attached hydrogens (tertiary/aromatic N) is 3. The summed E-state index contributed by atoms with van der Waals surface area (Å²) in [5, 5.41) is 3.53. The van der Waals surface area contributed by atoms with Crippen LogP contribution >= 0.6 is 0 Å². The van der Waals surface area contributed by atoms with Crippen LogP contribution in [0.2, 0.25) is 0 Å². The Morgan fingerprint density at radius 1 is 0.534 bits per heavy atom. The van der Waals surface area contributed by atoms with Gasteiger partial charge >= 0.3 is 0 Å². The Morgan fingerprint density at radius 2 is 1.21 bits per heavy atom. The maximum atomic E-state index is 7.10. The molecule has 0 amide bonds. The van der Waals surface area contributed by atoms with Gasteiger partial charge in [0.2, 0.25) is 0 Å². The molecular formula is C54H37N3O. The third kappa shape index (κ3) is 6.03. The van der Waals surface area contributed by atoms with Crippen molar-refractivity contribution in [2.24, 2.45) is 5.92 Å². The summed E-state index contributed by atoms with van der Waals surface area (Å²) in [6, 6.07) is 61.8. The van der Waals surface area contributed by atoms with Gasteiger partial charge in [0.15, 0.2) is 5.82 Å². The van der Waals surface area contributed by atoms with Gasteiger partial charge in [-0.3, -0.25) is 0 Å². The van der Waals surface area contributed by atoms with Gasteiger partial charge < -0.3 is 9.32 Å². The maximum Gasteiger partial charge on any atom is 0.160 e. The van der Waals surface area contributed by atoms with Crippen LogP contribution in [0.4, 0.5) is 17.1 Å². The molecule has 9 aromatic rings. The number of rotatable bonds is 7. The zero-order valence-corrected chi connectivity index (χ0v) is 31.7. The monoisotopic (exact) mass is 743 g/mol. The van der Waals surface area contributed by atoms with Gasteiger partial charge in [-0.1, -0.05) is 152 Å². The van der Waals surface area contributed by atoms with E-state index in [2.05, 4.69) is 187 Å². The average molecular weight is 744 g/mol. The second-order valence-electron chi connectivity index (χ2n) is 14.9. The fraction of sp³-hybridized carbons (Fsp3) is 0.0370. The standard InChI is InChI=1S/C54H37N3O/c1-4-15-38(16-5-1)48-35-49(56-54(55-48)39-17-6-2-7-18-39)46-30-31-50(52-47-33-41-20-12-13-21-42(41)34-51(47)58-53(46)52)57(44-22-8-3-9-23-44)45-28-26-37(27-29-45)43-25-24-36-14-10-11-19-40(36)32-43/h1-33,35,42H,34H2. The molecule has 11 rings (SSSR count). The van der Waals surface area contributed by atoms with Gasteiger partial charge in [-0.05, 0) is 82.1 Å². The first-order valence-corrected chi connectivity index (χ1v) is 19.8. The van der Waals surface area contributed by atoms with Crippen molar-refractivity contribution in [3.8, 4) is 45.0 Å². The highest BCUT2D eigenvalue weighted by molar-refractivity contribution is 6.08. The van der Waals surface area contributed by atoms with Crippen LogP contribution in [0.1, 0.15) is 11.3 Å². The second-order valence-corrected chi connectivity index (χ2v) is 14.9. The van der Waals surface area contributed by atoms with Gasteiger partial charge in [0, 0.05) is 46.0 Å². The van der Waals surface area contributed by atoms with Crippen molar-refractivity contribution in [1.82, 2.24) is 9.97 Å². The van der Waals surface area contributed by atoms with Crippen molar-refractivity contribution in [3.05, 3.63) is 217 Å². The molecule has 2 aliphatic carbocycles. The highest BCUT2D eigenvalue weighted by Crippen LogP contribution is 2.48. The normalized spacial score (nSPS) is 14.3. The SMILES string of the molecule is C1=CC2=Cc3c(oc4c(-c5cc(-c6ccccc6)nc(-c6ccccc6)n5)ccc(N(c5ccccc5)c5ccc(-c6ccc7ccccc7c6)cc5)c34)CC2C=C1. The molecule has 2 aliphatic rings. The van der Waals surface area contributed by atoms with E-state index in [0.717, 1.165) is 73.9 Å². The number of allylic oxidation sites excluding steroid dienone is 5. The van der Waals surface area contributed by atoms with Crippen molar-refractivity contribution in [3.63, 3.8) is 0 Å². The van der Waals surface area contributed by atoms with Crippen LogP contribution in [0.25, 0.3) is 72.8 Å². The molecule has 0 N–H and O–H groups in total. The smallest absolute Gasteiger partial charge is 0.160 e. The number of furan rings is 1. The Balaban J connectivity index is 1.12. The molecule has 58 heavy (non-hydrogen) atoms. The average Bonchev–Trinajstić information content (AvgIpc) is 3.67. The Labute approximate surface area is 337 Å². The van der Waals surface area contributed by atoms with Gasteiger partial charge in [-0.2, -0.15) is 0 Å². The Hall–Kier alpha value is -7.56. The lowest BCUT2D eigenvalue weighted by atomic mass is 9.83. The van der Waals surface area contributed by atoms with Crippen molar-refractivity contribution in [2.75, 3.05) is 4.90 Å².